The van der Waals surface area contributed by atoms with Crippen molar-refractivity contribution >= 4 is 34.4 Å². The van der Waals surface area contributed by atoms with Gasteiger partial charge in [-0.25, -0.2) is 9.18 Å². The van der Waals surface area contributed by atoms with Crippen LogP contribution in [0.2, 0.25) is 5.02 Å². The van der Waals surface area contributed by atoms with Crippen LogP contribution in [0.4, 0.5) is 15.0 Å². The smallest absolute Gasteiger partial charge is 0.410 e. The van der Waals surface area contributed by atoms with Crippen molar-refractivity contribution in [2.75, 3.05) is 51.7 Å². The number of benzene rings is 1. The Morgan fingerprint density at radius 3 is 2.54 bits per heavy atom. The number of piperazine rings is 1. The van der Waals surface area contributed by atoms with Crippen LogP contribution < -0.4 is 14.4 Å². The number of rotatable bonds is 10. The maximum atomic E-state index is 17.2. The van der Waals surface area contributed by atoms with E-state index in [4.69, 9.17) is 45.5 Å². The molecule has 280 valence electrons. The molecule has 1 saturated carbocycles. The molecule has 14 heteroatoms. The molecule has 4 aliphatic heterocycles. The van der Waals surface area contributed by atoms with E-state index in [0.717, 1.165) is 63.5 Å². The van der Waals surface area contributed by atoms with E-state index in [1.54, 1.807) is 18.3 Å². The first kappa shape index (κ1) is 35.5. The number of pyridine rings is 1. The largest absolute Gasteiger partial charge is 0.467 e. The molecule has 3 aromatic rings. The molecule has 8 rings (SSSR count). The van der Waals surface area contributed by atoms with Crippen LogP contribution in [-0.2, 0) is 9.47 Å². The van der Waals surface area contributed by atoms with Gasteiger partial charge in [0.15, 0.2) is 12.6 Å². The van der Waals surface area contributed by atoms with Gasteiger partial charge in [0.25, 0.3) is 0 Å². The van der Waals surface area contributed by atoms with Gasteiger partial charge in [0.05, 0.1) is 29.6 Å². The fourth-order valence-corrected chi connectivity index (χ4v) is 9.36. The maximum absolute atomic E-state index is 17.2. The van der Waals surface area contributed by atoms with Gasteiger partial charge in [0, 0.05) is 43.0 Å². The number of aliphatic hydroxyl groups is 1. The lowest BCUT2D eigenvalue weighted by Gasteiger charge is -2.42. The standard InChI is InChI=1S/C38H48ClFN6O6/c1-37(2,3)52-36(48)46-23-8-9-24(46)18-44(17-23)34-28-16-41-32(27-14-26(51-21-49-4)15-29(39)30(27)22-6-7-22)31(40)33(28)42-35(43-34)50-20-38-11-5-13-45(38)25(19-47)10-12-38/h14-16,22-25,47H,5-13,17-21H2,1-4H3/t23?,24?,25-,38?/m0/s1. The highest BCUT2D eigenvalue weighted by molar-refractivity contribution is 6.32. The Kier molecular flexibility index (Phi) is 9.37. The van der Waals surface area contributed by atoms with E-state index < -0.39 is 11.4 Å². The first-order valence-corrected chi connectivity index (χ1v) is 18.9. The highest BCUT2D eigenvalue weighted by Gasteiger charge is 2.50. The summed E-state index contributed by atoms with van der Waals surface area (Å²) in [4.78, 5) is 34.0. The second-order valence-electron chi connectivity index (χ2n) is 16.1. The van der Waals surface area contributed by atoms with Gasteiger partial charge in [-0.1, -0.05) is 11.6 Å². The lowest BCUT2D eigenvalue weighted by atomic mass is 9.95. The molecular formula is C38H48ClFN6O6. The van der Waals surface area contributed by atoms with Crippen molar-refractivity contribution in [3.63, 3.8) is 0 Å². The van der Waals surface area contributed by atoms with Gasteiger partial charge in [0.2, 0.25) is 0 Å². The maximum Gasteiger partial charge on any atom is 0.410 e. The molecule has 2 bridgehead atoms. The molecule has 4 atom stereocenters. The zero-order chi connectivity index (χ0) is 36.4. The van der Waals surface area contributed by atoms with Crippen molar-refractivity contribution < 1.29 is 33.2 Å². The quantitative estimate of drug-likeness (QED) is 0.236. The molecule has 6 heterocycles. The summed E-state index contributed by atoms with van der Waals surface area (Å²) < 4.78 is 40.3. The van der Waals surface area contributed by atoms with Crippen LogP contribution in [0.1, 0.15) is 83.6 Å². The lowest BCUT2D eigenvalue weighted by molar-refractivity contribution is 0.0122. The molecule has 1 amide bonds. The highest BCUT2D eigenvalue weighted by Crippen LogP contribution is 2.50. The van der Waals surface area contributed by atoms with Gasteiger partial charge in [-0.15, -0.1) is 0 Å². The van der Waals surface area contributed by atoms with Crippen molar-refractivity contribution in [2.45, 2.75) is 107 Å². The average Bonchev–Trinajstić information content (AvgIpc) is 3.67. The number of ether oxygens (including phenoxy) is 4. The van der Waals surface area contributed by atoms with E-state index >= 15 is 4.39 Å². The third-order valence-corrected chi connectivity index (χ3v) is 11.7. The third kappa shape index (κ3) is 6.51. The van der Waals surface area contributed by atoms with E-state index in [-0.39, 0.29) is 66.3 Å². The monoisotopic (exact) mass is 738 g/mol. The van der Waals surface area contributed by atoms with Crippen LogP contribution >= 0.6 is 11.6 Å². The minimum absolute atomic E-state index is 0.0185. The van der Waals surface area contributed by atoms with E-state index in [9.17, 15) is 9.90 Å². The molecule has 52 heavy (non-hydrogen) atoms. The number of aliphatic hydroxyl groups excluding tert-OH is 1. The lowest BCUT2D eigenvalue weighted by Crippen LogP contribution is -2.57. The van der Waals surface area contributed by atoms with E-state index in [1.807, 2.05) is 25.7 Å². The second kappa shape index (κ2) is 13.7. The molecule has 1 aliphatic carbocycles. The van der Waals surface area contributed by atoms with Crippen molar-refractivity contribution in [3.05, 3.63) is 34.7 Å². The minimum Gasteiger partial charge on any atom is -0.467 e. The van der Waals surface area contributed by atoms with Crippen molar-refractivity contribution in [1.29, 1.82) is 0 Å². The number of carbonyl (C=O) groups is 1. The number of hydrogen-bond donors (Lipinski definition) is 1. The molecule has 2 aromatic heterocycles. The minimum atomic E-state index is -0.604. The molecule has 5 fully saturated rings. The summed E-state index contributed by atoms with van der Waals surface area (Å²) in [6.07, 6.45) is 8.69. The summed E-state index contributed by atoms with van der Waals surface area (Å²) in [6.45, 7) is 8.00. The Labute approximate surface area is 308 Å². The molecule has 3 unspecified atom stereocenters. The zero-order valence-electron chi connectivity index (χ0n) is 30.4. The summed E-state index contributed by atoms with van der Waals surface area (Å²) in [7, 11) is 1.53. The fraction of sp³-hybridized carbons (Fsp3) is 0.632. The van der Waals surface area contributed by atoms with Crippen LogP contribution in [0.5, 0.6) is 11.8 Å². The van der Waals surface area contributed by atoms with Gasteiger partial charge in [-0.2, -0.15) is 9.97 Å². The topological polar surface area (TPSA) is 123 Å². The number of hydrogen-bond acceptors (Lipinski definition) is 11. The molecule has 12 nitrogen and oxygen atoms in total. The SMILES string of the molecule is COCOc1cc(Cl)c(C2CC2)c(-c2ncc3c(N4CC5CCC(C4)N5C(=O)OC(C)(C)C)nc(OCC45CCCN4[C@H](CO)CC5)nc3c2F)c1. The zero-order valence-corrected chi connectivity index (χ0v) is 31.1. The molecule has 0 spiro atoms. The Morgan fingerprint density at radius 2 is 1.85 bits per heavy atom. The first-order chi connectivity index (χ1) is 25.0. The predicted octanol–water partition coefficient (Wildman–Crippen LogP) is 6.30. The summed E-state index contributed by atoms with van der Waals surface area (Å²) in [5.41, 5.74) is 0.824. The van der Waals surface area contributed by atoms with Crippen LogP contribution in [0.25, 0.3) is 22.2 Å². The van der Waals surface area contributed by atoms with Crippen molar-refractivity contribution in [3.8, 4) is 23.0 Å². The average molecular weight is 739 g/mol. The number of fused-ring (bicyclic) bond motifs is 4. The highest BCUT2D eigenvalue weighted by atomic mass is 35.5. The predicted molar refractivity (Wildman–Crippen MR) is 194 cm³/mol. The Hall–Kier alpha value is -3.52. The number of nitrogens with zero attached hydrogens (tertiary/aromatic N) is 6. The normalized spacial score (nSPS) is 25.9. The summed E-state index contributed by atoms with van der Waals surface area (Å²) in [5, 5.41) is 11.0. The van der Waals surface area contributed by atoms with Gasteiger partial charge >= 0.3 is 12.1 Å². The summed E-state index contributed by atoms with van der Waals surface area (Å²) >= 11 is 6.81. The molecule has 5 aliphatic rings. The van der Waals surface area contributed by atoms with Crippen LogP contribution in [-0.4, -0.2) is 112 Å². The molecule has 0 radical (unpaired) electrons. The number of carbonyl (C=O) groups excluding carboxylic acids is 1. The molecule has 1 aromatic carbocycles. The van der Waals surface area contributed by atoms with E-state index in [2.05, 4.69) is 9.80 Å². The Balaban J connectivity index is 1.19. The molecule has 4 saturated heterocycles. The third-order valence-electron chi connectivity index (χ3n) is 11.4. The molecule has 1 N–H and O–H groups in total. The molecular weight excluding hydrogens is 691 g/mol. The van der Waals surface area contributed by atoms with Gasteiger partial charge in [-0.05, 0) is 102 Å². The van der Waals surface area contributed by atoms with Crippen molar-refractivity contribution in [2.24, 2.45) is 0 Å². The van der Waals surface area contributed by atoms with Crippen LogP contribution in [0, 0.1) is 5.82 Å². The Bertz CT molecular complexity index is 1840. The summed E-state index contributed by atoms with van der Waals surface area (Å²) in [5.74, 6) is 0.591. The van der Waals surface area contributed by atoms with Crippen molar-refractivity contribution in [1.82, 2.24) is 24.8 Å². The second-order valence-corrected chi connectivity index (χ2v) is 16.5. The Morgan fingerprint density at radius 1 is 1.08 bits per heavy atom. The first-order valence-electron chi connectivity index (χ1n) is 18.6. The van der Waals surface area contributed by atoms with Gasteiger partial charge < -0.3 is 29.0 Å². The van der Waals surface area contributed by atoms with Gasteiger partial charge in [-0.3, -0.25) is 14.8 Å². The summed E-state index contributed by atoms with van der Waals surface area (Å²) in [6, 6.07) is 3.54. The van der Waals surface area contributed by atoms with Crippen LogP contribution in [0.3, 0.4) is 0 Å². The number of methoxy groups -OCH3 is 1. The fourth-order valence-electron chi connectivity index (χ4n) is 8.99. The number of aromatic nitrogens is 3. The number of amides is 1. The number of halogens is 2. The van der Waals surface area contributed by atoms with E-state index in [0.29, 0.717) is 47.2 Å². The number of anilines is 1. The van der Waals surface area contributed by atoms with Crippen LogP contribution in [0.15, 0.2) is 18.3 Å². The van der Waals surface area contributed by atoms with Gasteiger partial charge in [0.1, 0.15) is 35.0 Å². The van der Waals surface area contributed by atoms with E-state index in [1.165, 1.54) is 7.11 Å².